The van der Waals surface area contributed by atoms with E-state index in [0.717, 1.165) is 38.0 Å². The predicted octanol–water partition coefficient (Wildman–Crippen LogP) is 2.84. The maximum absolute atomic E-state index is 10.1. The lowest BCUT2D eigenvalue weighted by Gasteiger charge is -2.24. The number of aliphatic hydroxyl groups excluding tert-OH is 1. The van der Waals surface area contributed by atoms with Crippen LogP contribution in [0.4, 0.5) is 0 Å². The third kappa shape index (κ3) is 4.33. The molecule has 0 saturated carbocycles. The Kier molecular flexibility index (Phi) is 6.12. The number of rotatable bonds is 7. The summed E-state index contributed by atoms with van der Waals surface area (Å²) in [6, 6.07) is 9.90. The highest BCUT2D eigenvalue weighted by Gasteiger charge is 2.11. The van der Waals surface area contributed by atoms with Crippen molar-refractivity contribution in [3.05, 3.63) is 35.9 Å². The molecule has 1 atom stereocenters. The molecule has 0 fully saturated rings. The van der Waals surface area contributed by atoms with Gasteiger partial charge in [-0.05, 0) is 31.5 Å². The van der Waals surface area contributed by atoms with E-state index in [1.54, 1.807) is 0 Å². The molecule has 90 valence electrons. The van der Waals surface area contributed by atoms with Crippen LogP contribution in [0.15, 0.2) is 30.3 Å². The van der Waals surface area contributed by atoms with Gasteiger partial charge < -0.3 is 10.0 Å². The first-order chi connectivity index (χ1) is 7.77. The van der Waals surface area contributed by atoms with Crippen molar-refractivity contribution in [1.82, 2.24) is 4.90 Å². The van der Waals surface area contributed by atoms with Gasteiger partial charge in [-0.1, -0.05) is 44.2 Å². The van der Waals surface area contributed by atoms with Gasteiger partial charge in [0.05, 0.1) is 6.10 Å². The molecule has 0 aliphatic heterocycles. The van der Waals surface area contributed by atoms with Crippen LogP contribution in [0.25, 0.3) is 0 Å². The Morgan fingerprint density at radius 2 is 1.62 bits per heavy atom. The van der Waals surface area contributed by atoms with E-state index in [0.29, 0.717) is 0 Å². The highest BCUT2D eigenvalue weighted by atomic mass is 16.3. The Morgan fingerprint density at radius 1 is 1.06 bits per heavy atom. The van der Waals surface area contributed by atoms with E-state index in [2.05, 4.69) is 18.7 Å². The fourth-order valence-corrected chi connectivity index (χ4v) is 1.95. The summed E-state index contributed by atoms with van der Waals surface area (Å²) in [5.41, 5.74) is 1.01. The fraction of sp³-hybridized carbons (Fsp3) is 0.571. The van der Waals surface area contributed by atoms with Gasteiger partial charge in [0.1, 0.15) is 0 Å². The zero-order valence-corrected chi connectivity index (χ0v) is 10.4. The van der Waals surface area contributed by atoms with Crippen LogP contribution < -0.4 is 0 Å². The van der Waals surface area contributed by atoms with Crippen LogP contribution in [0.5, 0.6) is 0 Å². The molecule has 0 amide bonds. The lowest BCUT2D eigenvalue weighted by atomic mass is 10.1. The van der Waals surface area contributed by atoms with Crippen molar-refractivity contribution in [2.75, 3.05) is 19.6 Å². The molecule has 0 radical (unpaired) electrons. The Labute approximate surface area is 98.9 Å². The Morgan fingerprint density at radius 3 is 2.12 bits per heavy atom. The minimum atomic E-state index is -0.362. The molecule has 1 N–H and O–H groups in total. The van der Waals surface area contributed by atoms with Crippen LogP contribution in [0.2, 0.25) is 0 Å². The standard InChI is InChI=1S/C14H23NO/c1-3-10-15(11-4-2)12-14(16)13-8-6-5-7-9-13/h5-9,14,16H,3-4,10-12H2,1-2H3/t14-/m0/s1. The van der Waals surface area contributed by atoms with E-state index in [1.165, 1.54) is 0 Å². The molecule has 2 nitrogen and oxygen atoms in total. The summed E-state index contributed by atoms with van der Waals surface area (Å²) in [6.45, 7) is 7.23. The van der Waals surface area contributed by atoms with Crippen molar-refractivity contribution in [2.24, 2.45) is 0 Å². The topological polar surface area (TPSA) is 23.5 Å². The van der Waals surface area contributed by atoms with Crippen LogP contribution in [-0.2, 0) is 0 Å². The smallest absolute Gasteiger partial charge is 0.0916 e. The fourth-order valence-electron chi connectivity index (χ4n) is 1.95. The highest BCUT2D eigenvalue weighted by molar-refractivity contribution is 5.17. The Balaban J connectivity index is 2.50. The number of nitrogens with zero attached hydrogens (tertiary/aromatic N) is 1. The van der Waals surface area contributed by atoms with Crippen molar-refractivity contribution in [3.8, 4) is 0 Å². The van der Waals surface area contributed by atoms with Gasteiger partial charge in [-0.3, -0.25) is 0 Å². The van der Waals surface area contributed by atoms with Crippen molar-refractivity contribution in [1.29, 1.82) is 0 Å². The van der Waals surface area contributed by atoms with E-state index in [9.17, 15) is 5.11 Å². The summed E-state index contributed by atoms with van der Waals surface area (Å²) in [5.74, 6) is 0. The van der Waals surface area contributed by atoms with Gasteiger partial charge >= 0.3 is 0 Å². The molecule has 0 heterocycles. The molecule has 1 aromatic carbocycles. The molecule has 0 saturated heterocycles. The maximum Gasteiger partial charge on any atom is 0.0916 e. The normalized spacial score (nSPS) is 13.0. The average Bonchev–Trinajstić information content (AvgIpc) is 2.31. The SMILES string of the molecule is CCCN(CCC)C[C@H](O)c1ccccc1. The Bertz CT molecular complexity index is 267. The predicted molar refractivity (Wildman–Crippen MR) is 68.4 cm³/mol. The van der Waals surface area contributed by atoms with E-state index in [1.807, 2.05) is 30.3 Å². The van der Waals surface area contributed by atoms with Gasteiger partial charge in [-0.2, -0.15) is 0 Å². The van der Waals surface area contributed by atoms with Crippen LogP contribution in [0, 0.1) is 0 Å². The van der Waals surface area contributed by atoms with Gasteiger partial charge in [0.2, 0.25) is 0 Å². The lowest BCUT2D eigenvalue weighted by molar-refractivity contribution is 0.113. The minimum absolute atomic E-state index is 0.362. The monoisotopic (exact) mass is 221 g/mol. The molecular formula is C14H23NO. The molecule has 2 heteroatoms. The summed E-state index contributed by atoms with van der Waals surface area (Å²) in [4.78, 5) is 2.33. The number of benzene rings is 1. The van der Waals surface area contributed by atoms with Gasteiger partial charge in [-0.25, -0.2) is 0 Å². The average molecular weight is 221 g/mol. The Hall–Kier alpha value is -0.860. The lowest BCUT2D eigenvalue weighted by Crippen LogP contribution is -2.30. The molecule has 0 spiro atoms. The highest BCUT2D eigenvalue weighted by Crippen LogP contribution is 2.13. The third-order valence-corrected chi connectivity index (χ3v) is 2.70. The number of aliphatic hydroxyl groups is 1. The molecule has 0 bridgehead atoms. The molecule has 0 aromatic heterocycles. The van der Waals surface area contributed by atoms with E-state index in [4.69, 9.17) is 0 Å². The second-order valence-corrected chi connectivity index (χ2v) is 4.23. The second kappa shape index (κ2) is 7.42. The largest absolute Gasteiger partial charge is 0.387 e. The first kappa shape index (κ1) is 13.2. The van der Waals surface area contributed by atoms with Crippen LogP contribution in [0.3, 0.4) is 0 Å². The molecule has 0 unspecified atom stereocenters. The van der Waals surface area contributed by atoms with Crippen molar-refractivity contribution < 1.29 is 5.11 Å². The number of hydrogen-bond acceptors (Lipinski definition) is 2. The summed E-state index contributed by atoms with van der Waals surface area (Å²) in [7, 11) is 0. The molecule has 0 aliphatic carbocycles. The van der Waals surface area contributed by atoms with Crippen LogP contribution in [0.1, 0.15) is 38.4 Å². The number of hydrogen-bond donors (Lipinski definition) is 1. The molecule has 1 aromatic rings. The molecule has 1 rings (SSSR count). The van der Waals surface area contributed by atoms with Gasteiger partial charge in [-0.15, -0.1) is 0 Å². The zero-order chi connectivity index (χ0) is 11.8. The quantitative estimate of drug-likeness (QED) is 0.765. The van der Waals surface area contributed by atoms with E-state index < -0.39 is 0 Å². The van der Waals surface area contributed by atoms with Crippen molar-refractivity contribution in [2.45, 2.75) is 32.8 Å². The van der Waals surface area contributed by atoms with Gasteiger partial charge in [0.15, 0.2) is 0 Å². The first-order valence-electron chi connectivity index (χ1n) is 6.23. The first-order valence-corrected chi connectivity index (χ1v) is 6.23. The molecule has 0 aliphatic rings. The molecular weight excluding hydrogens is 198 g/mol. The van der Waals surface area contributed by atoms with Crippen molar-refractivity contribution >= 4 is 0 Å². The third-order valence-electron chi connectivity index (χ3n) is 2.70. The summed E-state index contributed by atoms with van der Waals surface area (Å²) in [6.07, 6.45) is 1.92. The van der Waals surface area contributed by atoms with Gasteiger partial charge in [0.25, 0.3) is 0 Å². The van der Waals surface area contributed by atoms with E-state index in [-0.39, 0.29) is 6.10 Å². The summed E-state index contributed by atoms with van der Waals surface area (Å²) >= 11 is 0. The van der Waals surface area contributed by atoms with Crippen LogP contribution in [-0.4, -0.2) is 29.6 Å². The van der Waals surface area contributed by atoms with Crippen LogP contribution >= 0.6 is 0 Å². The van der Waals surface area contributed by atoms with Crippen molar-refractivity contribution in [3.63, 3.8) is 0 Å². The summed E-state index contributed by atoms with van der Waals surface area (Å²) in [5, 5.41) is 10.1. The van der Waals surface area contributed by atoms with E-state index >= 15 is 0 Å². The maximum atomic E-state index is 10.1. The molecule has 16 heavy (non-hydrogen) atoms. The second-order valence-electron chi connectivity index (χ2n) is 4.23. The summed E-state index contributed by atoms with van der Waals surface area (Å²) < 4.78 is 0. The minimum Gasteiger partial charge on any atom is -0.387 e. The zero-order valence-electron chi connectivity index (χ0n) is 10.4. The van der Waals surface area contributed by atoms with Gasteiger partial charge in [0, 0.05) is 6.54 Å².